The number of unbranched alkanes of at least 4 members (excludes halogenated alkanes) is 2. The molecule has 2 N–H and O–H groups in total. The molecule has 18 heavy (non-hydrogen) atoms. The van der Waals surface area contributed by atoms with Crippen LogP contribution in [0.4, 0.5) is 0 Å². The molecule has 1 aliphatic carbocycles. The van der Waals surface area contributed by atoms with E-state index >= 15 is 0 Å². The molecular formula is C15H31NO2. The van der Waals surface area contributed by atoms with Crippen molar-refractivity contribution < 1.29 is 9.84 Å². The second-order valence-corrected chi connectivity index (χ2v) is 6.56. The Morgan fingerprint density at radius 3 is 2.56 bits per heavy atom. The molecule has 2 atom stereocenters. The predicted octanol–water partition coefficient (Wildman–Crippen LogP) is 2.58. The maximum atomic E-state index is 8.72. The molecule has 0 spiro atoms. The molecule has 0 saturated heterocycles. The highest BCUT2D eigenvalue weighted by Gasteiger charge is 2.48. The zero-order chi connectivity index (χ0) is 13.6. The highest BCUT2D eigenvalue weighted by molar-refractivity contribution is 5.02. The van der Waals surface area contributed by atoms with Gasteiger partial charge in [0, 0.05) is 24.7 Å². The SMILES string of the molecule is CC(C)COC1CC(NCCCCCO)C1(C)C. The highest BCUT2D eigenvalue weighted by Crippen LogP contribution is 2.42. The predicted molar refractivity (Wildman–Crippen MR) is 75.7 cm³/mol. The van der Waals surface area contributed by atoms with E-state index in [2.05, 4.69) is 33.0 Å². The minimum atomic E-state index is 0.256. The average Bonchev–Trinajstić information content (AvgIpc) is 2.30. The quantitative estimate of drug-likeness (QED) is 0.624. The third-order valence-electron chi connectivity index (χ3n) is 4.03. The fourth-order valence-electron chi connectivity index (χ4n) is 2.51. The molecule has 0 radical (unpaired) electrons. The standard InChI is InChI=1S/C15H31NO2/c1-12(2)11-18-14-10-13(15(14,3)4)16-8-6-5-7-9-17/h12-14,16-17H,5-11H2,1-4H3. The van der Waals surface area contributed by atoms with E-state index in [1.807, 2.05) is 0 Å². The molecule has 0 aromatic heterocycles. The summed E-state index contributed by atoms with van der Waals surface area (Å²) in [6, 6.07) is 0.587. The van der Waals surface area contributed by atoms with Crippen LogP contribution in [0.3, 0.4) is 0 Å². The fourth-order valence-corrected chi connectivity index (χ4v) is 2.51. The third-order valence-corrected chi connectivity index (χ3v) is 4.03. The molecule has 3 heteroatoms. The van der Waals surface area contributed by atoms with Crippen molar-refractivity contribution in [1.82, 2.24) is 5.32 Å². The van der Waals surface area contributed by atoms with Crippen molar-refractivity contribution in [2.45, 2.75) is 65.5 Å². The minimum absolute atomic E-state index is 0.256. The molecule has 0 aromatic rings. The van der Waals surface area contributed by atoms with Crippen LogP contribution in [0.25, 0.3) is 0 Å². The van der Waals surface area contributed by atoms with E-state index in [9.17, 15) is 0 Å². The lowest BCUT2D eigenvalue weighted by atomic mass is 9.64. The lowest BCUT2D eigenvalue weighted by Crippen LogP contribution is -2.61. The molecule has 0 aliphatic heterocycles. The number of hydrogen-bond donors (Lipinski definition) is 2. The van der Waals surface area contributed by atoms with Crippen LogP contribution < -0.4 is 5.32 Å². The Bertz CT molecular complexity index is 229. The Hall–Kier alpha value is -0.120. The van der Waals surface area contributed by atoms with Crippen LogP contribution >= 0.6 is 0 Å². The summed E-state index contributed by atoms with van der Waals surface area (Å²) in [4.78, 5) is 0. The number of aliphatic hydroxyl groups is 1. The molecule has 0 amide bonds. The number of rotatable bonds is 9. The van der Waals surface area contributed by atoms with Gasteiger partial charge in [0.15, 0.2) is 0 Å². The van der Waals surface area contributed by atoms with Crippen molar-refractivity contribution >= 4 is 0 Å². The molecule has 0 aromatic carbocycles. The van der Waals surface area contributed by atoms with Gasteiger partial charge in [0.2, 0.25) is 0 Å². The maximum Gasteiger partial charge on any atom is 0.0656 e. The Labute approximate surface area is 112 Å². The average molecular weight is 257 g/mol. The maximum absolute atomic E-state index is 8.72. The van der Waals surface area contributed by atoms with E-state index in [1.54, 1.807) is 0 Å². The van der Waals surface area contributed by atoms with Gasteiger partial charge in [0.05, 0.1) is 6.10 Å². The van der Waals surface area contributed by atoms with Crippen molar-refractivity contribution in [1.29, 1.82) is 0 Å². The molecule has 1 rings (SSSR count). The van der Waals surface area contributed by atoms with Crippen molar-refractivity contribution in [3.8, 4) is 0 Å². The van der Waals surface area contributed by atoms with Crippen LogP contribution in [-0.4, -0.2) is 37.0 Å². The van der Waals surface area contributed by atoms with Gasteiger partial charge in [0.25, 0.3) is 0 Å². The number of ether oxygens (including phenoxy) is 1. The van der Waals surface area contributed by atoms with E-state index in [0.717, 1.165) is 38.8 Å². The first-order chi connectivity index (χ1) is 8.48. The molecular weight excluding hydrogens is 226 g/mol. The van der Waals surface area contributed by atoms with Crippen molar-refractivity contribution in [3.05, 3.63) is 0 Å². The van der Waals surface area contributed by atoms with Crippen LogP contribution in [0, 0.1) is 11.3 Å². The van der Waals surface area contributed by atoms with E-state index in [4.69, 9.17) is 9.84 Å². The van der Waals surface area contributed by atoms with E-state index in [-0.39, 0.29) is 5.41 Å². The van der Waals surface area contributed by atoms with Crippen LogP contribution in [0.5, 0.6) is 0 Å². The molecule has 0 heterocycles. The normalized spacial score (nSPS) is 26.3. The summed E-state index contributed by atoms with van der Waals surface area (Å²) in [7, 11) is 0. The minimum Gasteiger partial charge on any atom is -0.396 e. The number of nitrogens with one attached hydrogen (secondary N) is 1. The molecule has 1 fully saturated rings. The lowest BCUT2D eigenvalue weighted by Gasteiger charge is -2.52. The van der Waals surface area contributed by atoms with Crippen LogP contribution in [0.2, 0.25) is 0 Å². The summed E-state index contributed by atoms with van der Waals surface area (Å²) in [5.41, 5.74) is 0.256. The Morgan fingerprint density at radius 2 is 2.00 bits per heavy atom. The Kier molecular flexibility index (Phi) is 6.61. The van der Waals surface area contributed by atoms with Crippen molar-refractivity contribution in [2.24, 2.45) is 11.3 Å². The summed E-state index contributed by atoms with van der Waals surface area (Å²) in [6.07, 6.45) is 4.75. The van der Waals surface area contributed by atoms with Gasteiger partial charge >= 0.3 is 0 Å². The van der Waals surface area contributed by atoms with Crippen molar-refractivity contribution in [2.75, 3.05) is 19.8 Å². The largest absolute Gasteiger partial charge is 0.396 e. The van der Waals surface area contributed by atoms with Gasteiger partial charge in [-0.2, -0.15) is 0 Å². The van der Waals surface area contributed by atoms with Gasteiger partial charge in [0.1, 0.15) is 0 Å². The van der Waals surface area contributed by atoms with Gasteiger partial charge in [-0.1, -0.05) is 27.7 Å². The molecule has 0 bridgehead atoms. The Balaban J connectivity index is 2.14. The topological polar surface area (TPSA) is 41.5 Å². The molecule has 3 nitrogen and oxygen atoms in total. The zero-order valence-corrected chi connectivity index (χ0v) is 12.5. The summed E-state index contributed by atoms with van der Waals surface area (Å²) in [5.74, 6) is 0.617. The van der Waals surface area contributed by atoms with Gasteiger partial charge in [-0.25, -0.2) is 0 Å². The summed E-state index contributed by atoms with van der Waals surface area (Å²) < 4.78 is 5.96. The monoisotopic (exact) mass is 257 g/mol. The lowest BCUT2D eigenvalue weighted by molar-refractivity contribution is -0.123. The molecule has 2 unspecified atom stereocenters. The first-order valence-electron chi connectivity index (χ1n) is 7.44. The Morgan fingerprint density at radius 1 is 1.28 bits per heavy atom. The van der Waals surface area contributed by atoms with Crippen LogP contribution in [0.15, 0.2) is 0 Å². The van der Waals surface area contributed by atoms with Crippen LogP contribution in [0.1, 0.15) is 53.4 Å². The summed E-state index contributed by atoms with van der Waals surface area (Å²) in [6.45, 7) is 11.2. The summed E-state index contributed by atoms with van der Waals surface area (Å²) >= 11 is 0. The van der Waals surface area contributed by atoms with Crippen LogP contribution in [-0.2, 0) is 4.74 Å². The van der Waals surface area contributed by atoms with Gasteiger partial charge in [-0.05, 0) is 38.1 Å². The second kappa shape index (κ2) is 7.46. The first kappa shape index (κ1) is 15.9. The number of aliphatic hydroxyl groups excluding tert-OH is 1. The number of hydrogen-bond acceptors (Lipinski definition) is 3. The van der Waals surface area contributed by atoms with E-state index in [1.165, 1.54) is 0 Å². The van der Waals surface area contributed by atoms with Gasteiger partial charge in [-0.3, -0.25) is 0 Å². The molecule has 108 valence electrons. The van der Waals surface area contributed by atoms with E-state index in [0.29, 0.717) is 24.7 Å². The molecule has 1 saturated carbocycles. The highest BCUT2D eigenvalue weighted by atomic mass is 16.5. The fraction of sp³-hybridized carbons (Fsp3) is 1.00. The van der Waals surface area contributed by atoms with Gasteiger partial charge in [-0.15, -0.1) is 0 Å². The van der Waals surface area contributed by atoms with Gasteiger partial charge < -0.3 is 15.2 Å². The second-order valence-electron chi connectivity index (χ2n) is 6.56. The zero-order valence-electron chi connectivity index (χ0n) is 12.5. The first-order valence-corrected chi connectivity index (χ1v) is 7.44. The van der Waals surface area contributed by atoms with E-state index < -0.39 is 0 Å². The molecule has 1 aliphatic rings. The smallest absolute Gasteiger partial charge is 0.0656 e. The summed E-state index contributed by atoms with van der Waals surface area (Å²) in [5, 5.41) is 12.3. The third kappa shape index (κ3) is 4.52. The van der Waals surface area contributed by atoms with Crippen molar-refractivity contribution in [3.63, 3.8) is 0 Å².